The van der Waals surface area contributed by atoms with Crippen LogP contribution in [0.1, 0.15) is 21.5 Å². The molecule has 25 heavy (non-hydrogen) atoms. The van der Waals surface area contributed by atoms with Gasteiger partial charge >= 0.3 is 5.97 Å². The van der Waals surface area contributed by atoms with Crippen molar-refractivity contribution in [3.8, 4) is 18.1 Å². The van der Waals surface area contributed by atoms with Crippen molar-refractivity contribution < 1.29 is 19.4 Å². The zero-order chi connectivity index (χ0) is 18.2. The minimum absolute atomic E-state index is 0.0320. The summed E-state index contributed by atoms with van der Waals surface area (Å²) in [6.45, 7) is 2.06. The number of terminal acetylenes is 1. The molecule has 5 nitrogen and oxygen atoms in total. The Bertz CT molecular complexity index is 862. The van der Waals surface area contributed by atoms with Gasteiger partial charge in [-0.15, -0.1) is 6.42 Å². The molecule has 126 valence electrons. The van der Waals surface area contributed by atoms with Gasteiger partial charge in [-0.2, -0.15) is 0 Å². The highest BCUT2D eigenvalue weighted by Crippen LogP contribution is 2.20. The Morgan fingerprint density at radius 3 is 2.76 bits per heavy atom. The summed E-state index contributed by atoms with van der Waals surface area (Å²) in [7, 11) is 0. The number of rotatable bonds is 6. The molecule has 0 unspecified atom stereocenters. The van der Waals surface area contributed by atoms with E-state index < -0.39 is 11.9 Å². The zero-order valence-corrected chi connectivity index (χ0v) is 13.7. The number of nitrogens with one attached hydrogen (secondary N) is 1. The number of amides is 1. The van der Waals surface area contributed by atoms with E-state index in [2.05, 4.69) is 11.2 Å². The van der Waals surface area contributed by atoms with Crippen LogP contribution in [0.3, 0.4) is 0 Å². The van der Waals surface area contributed by atoms with Crippen LogP contribution in [-0.4, -0.2) is 23.6 Å². The first-order valence-corrected chi connectivity index (χ1v) is 7.49. The van der Waals surface area contributed by atoms with Crippen molar-refractivity contribution in [2.75, 3.05) is 11.9 Å². The third-order valence-electron chi connectivity index (χ3n) is 3.37. The van der Waals surface area contributed by atoms with Crippen LogP contribution in [0.15, 0.2) is 48.5 Å². The van der Waals surface area contributed by atoms with Gasteiger partial charge < -0.3 is 15.2 Å². The van der Waals surface area contributed by atoms with E-state index in [9.17, 15) is 9.59 Å². The zero-order valence-electron chi connectivity index (χ0n) is 13.7. The number of para-hydroxylation sites is 1. The summed E-state index contributed by atoms with van der Waals surface area (Å²) in [5, 5.41) is 11.7. The number of ether oxygens (including phenoxy) is 1. The summed E-state index contributed by atoms with van der Waals surface area (Å²) in [4.78, 5) is 23.2. The van der Waals surface area contributed by atoms with Crippen molar-refractivity contribution in [1.82, 2.24) is 0 Å². The summed E-state index contributed by atoms with van der Waals surface area (Å²) in [5.74, 6) is 1.52. The van der Waals surface area contributed by atoms with E-state index in [1.165, 1.54) is 18.2 Å². The topological polar surface area (TPSA) is 75.6 Å². The standard InChI is InChI=1S/C20H17NO4/c1-3-12-25-18-13-15(9-8-14(18)2)10-11-19(22)21-17-7-5-4-6-16(17)20(23)24/h1,4-11,13H,12H2,2H3,(H,21,22)(H,23,24)/b11-10+. The Labute approximate surface area is 145 Å². The number of aryl methyl sites for hydroxylation is 1. The number of carbonyl (C=O) groups is 2. The van der Waals surface area contributed by atoms with Gasteiger partial charge in [-0.1, -0.05) is 30.2 Å². The van der Waals surface area contributed by atoms with Crippen molar-refractivity contribution in [3.05, 3.63) is 65.2 Å². The molecule has 0 aliphatic carbocycles. The lowest BCUT2D eigenvalue weighted by molar-refractivity contribution is -0.111. The summed E-state index contributed by atoms with van der Waals surface area (Å²) in [5.41, 5.74) is 1.97. The monoisotopic (exact) mass is 335 g/mol. The maximum atomic E-state index is 12.0. The van der Waals surface area contributed by atoms with E-state index in [0.29, 0.717) is 5.75 Å². The van der Waals surface area contributed by atoms with Crippen molar-refractivity contribution in [2.24, 2.45) is 0 Å². The molecule has 0 atom stereocenters. The first-order chi connectivity index (χ1) is 12.0. The lowest BCUT2D eigenvalue weighted by Crippen LogP contribution is -2.11. The van der Waals surface area contributed by atoms with Crippen LogP contribution in [0.25, 0.3) is 6.08 Å². The molecule has 1 amide bonds. The van der Waals surface area contributed by atoms with Crippen LogP contribution in [-0.2, 0) is 4.79 Å². The highest BCUT2D eigenvalue weighted by molar-refractivity contribution is 6.06. The van der Waals surface area contributed by atoms with E-state index in [-0.39, 0.29) is 17.9 Å². The Hall–Kier alpha value is -3.52. The molecule has 0 bridgehead atoms. The minimum atomic E-state index is -1.10. The molecule has 0 heterocycles. The van der Waals surface area contributed by atoms with E-state index in [1.807, 2.05) is 19.1 Å². The fourth-order valence-corrected chi connectivity index (χ4v) is 2.12. The number of anilines is 1. The second-order valence-electron chi connectivity index (χ2n) is 5.19. The highest BCUT2D eigenvalue weighted by Gasteiger charge is 2.10. The molecule has 0 aromatic heterocycles. The van der Waals surface area contributed by atoms with Gasteiger partial charge in [-0.25, -0.2) is 4.79 Å². The molecule has 0 aliphatic heterocycles. The maximum Gasteiger partial charge on any atom is 0.337 e. The molecular weight excluding hydrogens is 318 g/mol. The second kappa shape index (κ2) is 8.37. The summed E-state index contributed by atoms with van der Waals surface area (Å²) in [6.07, 6.45) is 8.13. The van der Waals surface area contributed by atoms with Gasteiger partial charge in [0.25, 0.3) is 0 Å². The fraction of sp³-hybridized carbons (Fsp3) is 0.100. The van der Waals surface area contributed by atoms with Crippen LogP contribution in [0.2, 0.25) is 0 Å². The van der Waals surface area contributed by atoms with Crippen LogP contribution in [0, 0.1) is 19.3 Å². The lowest BCUT2D eigenvalue weighted by atomic mass is 10.1. The second-order valence-corrected chi connectivity index (χ2v) is 5.19. The van der Waals surface area contributed by atoms with E-state index in [0.717, 1.165) is 11.1 Å². The van der Waals surface area contributed by atoms with Gasteiger partial charge in [0.05, 0.1) is 11.3 Å². The Balaban J connectivity index is 2.11. The summed E-state index contributed by atoms with van der Waals surface area (Å²) >= 11 is 0. The van der Waals surface area contributed by atoms with Crippen molar-refractivity contribution >= 4 is 23.6 Å². The molecular formula is C20H17NO4. The number of hydrogen-bond acceptors (Lipinski definition) is 3. The quantitative estimate of drug-likeness (QED) is 0.627. The molecule has 2 aromatic carbocycles. The van der Waals surface area contributed by atoms with Gasteiger partial charge in [0.1, 0.15) is 12.4 Å². The van der Waals surface area contributed by atoms with Crippen molar-refractivity contribution in [3.63, 3.8) is 0 Å². The van der Waals surface area contributed by atoms with Crippen molar-refractivity contribution in [1.29, 1.82) is 0 Å². The number of carboxylic acids is 1. The average Bonchev–Trinajstić information content (AvgIpc) is 2.60. The normalized spacial score (nSPS) is 10.2. The summed E-state index contributed by atoms with van der Waals surface area (Å²) < 4.78 is 5.44. The fourth-order valence-electron chi connectivity index (χ4n) is 2.12. The van der Waals surface area contributed by atoms with Crippen molar-refractivity contribution in [2.45, 2.75) is 6.92 Å². The number of benzene rings is 2. The average molecular weight is 335 g/mol. The molecule has 0 saturated heterocycles. The van der Waals surface area contributed by atoms with E-state index in [4.69, 9.17) is 16.3 Å². The molecule has 2 rings (SSSR count). The van der Waals surface area contributed by atoms with Gasteiger partial charge in [0.2, 0.25) is 5.91 Å². The molecule has 0 aliphatic rings. The Morgan fingerprint density at radius 2 is 2.04 bits per heavy atom. The van der Waals surface area contributed by atoms with Gasteiger partial charge in [-0.05, 0) is 42.3 Å². The lowest BCUT2D eigenvalue weighted by Gasteiger charge is -2.07. The van der Waals surface area contributed by atoms with Crippen LogP contribution >= 0.6 is 0 Å². The molecule has 0 radical (unpaired) electrons. The predicted molar refractivity (Wildman–Crippen MR) is 96.6 cm³/mol. The SMILES string of the molecule is C#CCOc1cc(/C=C/C(=O)Nc2ccccc2C(=O)O)ccc1C. The van der Waals surface area contributed by atoms with Crippen LogP contribution in [0.5, 0.6) is 5.75 Å². The number of carbonyl (C=O) groups excluding carboxylic acids is 1. The smallest absolute Gasteiger partial charge is 0.337 e. The van der Waals surface area contributed by atoms with Gasteiger partial charge in [0, 0.05) is 6.08 Å². The number of carboxylic acid groups (broad SMARTS) is 1. The largest absolute Gasteiger partial charge is 0.481 e. The maximum absolute atomic E-state index is 12.0. The Morgan fingerprint density at radius 1 is 1.28 bits per heavy atom. The van der Waals surface area contributed by atoms with E-state index >= 15 is 0 Å². The molecule has 2 N–H and O–H groups in total. The molecule has 5 heteroatoms. The first kappa shape index (κ1) is 17.8. The predicted octanol–water partition coefficient (Wildman–Crippen LogP) is 3.36. The van der Waals surface area contributed by atoms with Crippen LogP contribution in [0.4, 0.5) is 5.69 Å². The van der Waals surface area contributed by atoms with Crippen LogP contribution < -0.4 is 10.1 Å². The highest BCUT2D eigenvalue weighted by atomic mass is 16.5. The molecule has 2 aromatic rings. The number of aromatic carboxylic acids is 1. The van der Waals surface area contributed by atoms with Gasteiger partial charge in [-0.3, -0.25) is 4.79 Å². The third-order valence-corrected chi connectivity index (χ3v) is 3.37. The third kappa shape index (κ3) is 4.98. The first-order valence-electron chi connectivity index (χ1n) is 7.49. The van der Waals surface area contributed by atoms with Gasteiger partial charge in [0.15, 0.2) is 0 Å². The molecule has 0 fully saturated rings. The summed E-state index contributed by atoms with van der Waals surface area (Å²) in [6, 6.07) is 11.7. The minimum Gasteiger partial charge on any atom is -0.481 e. The number of hydrogen-bond donors (Lipinski definition) is 2. The molecule has 0 spiro atoms. The molecule has 0 saturated carbocycles. The van der Waals surface area contributed by atoms with E-state index in [1.54, 1.807) is 24.3 Å². The Kier molecular flexibility index (Phi) is 5.97.